The molecular formula is C12H24N2O5. The monoisotopic (exact) mass is 276 g/mol. The van der Waals surface area contributed by atoms with E-state index >= 15 is 0 Å². The van der Waals surface area contributed by atoms with E-state index in [1.807, 2.05) is 0 Å². The van der Waals surface area contributed by atoms with Crippen molar-refractivity contribution in [3.8, 4) is 0 Å². The van der Waals surface area contributed by atoms with Crippen LogP contribution in [0.3, 0.4) is 0 Å². The fourth-order valence-corrected chi connectivity index (χ4v) is 1.85. The largest absolute Gasteiger partial charge is 0.385 e. The van der Waals surface area contributed by atoms with Crippen molar-refractivity contribution in [1.29, 1.82) is 0 Å². The molecule has 0 aliphatic carbocycles. The molecule has 1 aliphatic rings. The van der Waals surface area contributed by atoms with Crippen molar-refractivity contribution in [2.75, 3.05) is 40.1 Å². The van der Waals surface area contributed by atoms with Crippen LogP contribution < -0.4 is 11.3 Å². The average Bonchev–Trinajstić information content (AvgIpc) is 2.89. The third-order valence-corrected chi connectivity index (χ3v) is 2.86. The topological polar surface area (TPSA) is 92.0 Å². The number of nitrogens with one attached hydrogen (secondary N) is 1. The zero-order valence-corrected chi connectivity index (χ0v) is 11.4. The molecule has 3 N–H and O–H groups in total. The van der Waals surface area contributed by atoms with Gasteiger partial charge in [-0.15, -0.1) is 0 Å². The molecule has 1 amide bonds. The van der Waals surface area contributed by atoms with E-state index in [0.717, 1.165) is 12.8 Å². The molecule has 7 nitrogen and oxygen atoms in total. The van der Waals surface area contributed by atoms with Gasteiger partial charge in [-0.2, -0.15) is 0 Å². The van der Waals surface area contributed by atoms with Crippen LogP contribution in [-0.2, 0) is 23.7 Å². The normalized spacial score (nSPS) is 22.6. The summed E-state index contributed by atoms with van der Waals surface area (Å²) >= 11 is 0. The van der Waals surface area contributed by atoms with Gasteiger partial charge in [-0.05, 0) is 19.3 Å². The molecule has 1 saturated heterocycles. The van der Waals surface area contributed by atoms with Crippen LogP contribution in [0.15, 0.2) is 0 Å². The Morgan fingerprint density at radius 3 is 2.79 bits per heavy atom. The maximum atomic E-state index is 11.2. The molecule has 1 heterocycles. The Hall–Kier alpha value is -0.730. The molecule has 0 bridgehead atoms. The van der Waals surface area contributed by atoms with Gasteiger partial charge in [0.1, 0.15) is 6.10 Å². The first-order valence-corrected chi connectivity index (χ1v) is 6.58. The van der Waals surface area contributed by atoms with Crippen LogP contribution in [-0.4, -0.2) is 58.3 Å². The van der Waals surface area contributed by atoms with Crippen molar-refractivity contribution in [1.82, 2.24) is 5.43 Å². The Labute approximate surface area is 113 Å². The summed E-state index contributed by atoms with van der Waals surface area (Å²) in [5, 5.41) is 0. The van der Waals surface area contributed by atoms with Crippen LogP contribution in [0, 0.1) is 0 Å². The summed E-state index contributed by atoms with van der Waals surface area (Å²) in [5.74, 6) is 4.78. The number of hydrogen-bond donors (Lipinski definition) is 2. The van der Waals surface area contributed by atoms with E-state index in [0.29, 0.717) is 39.5 Å². The smallest absolute Gasteiger partial charge is 0.263 e. The number of rotatable bonds is 10. The molecule has 1 rings (SSSR count). The maximum Gasteiger partial charge on any atom is 0.263 e. The van der Waals surface area contributed by atoms with Crippen molar-refractivity contribution in [3.05, 3.63) is 0 Å². The summed E-state index contributed by atoms with van der Waals surface area (Å²) in [5.41, 5.74) is 2.09. The number of carbonyl (C=O) groups is 1. The Morgan fingerprint density at radius 1 is 1.26 bits per heavy atom. The van der Waals surface area contributed by atoms with Crippen LogP contribution in [0.2, 0.25) is 0 Å². The lowest BCUT2D eigenvalue weighted by molar-refractivity contribution is -0.133. The molecule has 0 aromatic carbocycles. The fourth-order valence-electron chi connectivity index (χ4n) is 1.85. The van der Waals surface area contributed by atoms with Crippen molar-refractivity contribution >= 4 is 5.91 Å². The Morgan fingerprint density at radius 2 is 2.05 bits per heavy atom. The minimum absolute atomic E-state index is 0.0317. The molecule has 19 heavy (non-hydrogen) atoms. The van der Waals surface area contributed by atoms with Crippen LogP contribution in [0.25, 0.3) is 0 Å². The first-order valence-electron chi connectivity index (χ1n) is 6.58. The zero-order chi connectivity index (χ0) is 13.9. The Bertz CT molecular complexity index is 252. The average molecular weight is 276 g/mol. The molecule has 112 valence electrons. The van der Waals surface area contributed by atoms with Crippen molar-refractivity contribution in [2.45, 2.75) is 31.5 Å². The first kappa shape index (κ1) is 16.3. The highest BCUT2D eigenvalue weighted by molar-refractivity contribution is 5.80. The van der Waals surface area contributed by atoms with Crippen molar-refractivity contribution in [2.24, 2.45) is 5.84 Å². The second-order valence-corrected chi connectivity index (χ2v) is 4.37. The molecule has 0 aromatic heterocycles. The van der Waals surface area contributed by atoms with Gasteiger partial charge in [0.2, 0.25) is 0 Å². The van der Waals surface area contributed by atoms with Crippen molar-refractivity contribution < 1.29 is 23.7 Å². The van der Waals surface area contributed by atoms with E-state index in [1.165, 1.54) is 0 Å². The summed E-state index contributed by atoms with van der Waals surface area (Å²) in [6.45, 7) is 2.96. The predicted octanol–water partition coefficient (Wildman–Crippen LogP) is -0.406. The van der Waals surface area contributed by atoms with Crippen LogP contribution in [0.1, 0.15) is 19.3 Å². The van der Waals surface area contributed by atoms with Gasteiger partial charge >= 0.3 is 0 Å². The zero-order valence-electron chi connectivity index (χ0n) is 11.4. The number of nitrogens with two attached hydrogens (primary N) is 1. The highest BCUT2D eigenvalue weighted by Crippen LogP contribution is 2.19. The third-order valence-electron chi connectivity index (χ3n) is 2.86. The molecule has 7 heteroatoms. The number of hydrazine groups is 1. The molecular weight excluding hydrogens is 252 g/mol. The number of methoxy groups -OCH3 is 1. The van der Waals surface area contributed by atoms with Gasteiger partial charge in [0.05, 0.1) is 25.9 Å². The lowest BCUT2D eigenvalue weighted by Crippen LogP contribution is -2.39. The lowest BCUT2D eigenvalue weighted by Gasteiger charge is -2.13. The van der Waals surface area contributed by atoms with E-state index in [1.54, 1.807) is 7.11 Å². The molecule has 2 unspecified atom stereocenters. The summed E-state index contributed by atoms with van der Waals surface area (Å²) in [7, 11) is 1.67. The minimum Gasteiger partial charge on any atom is -0.385 e. The molecule has 0 saturated carbocycles. The van der Waals surface area contributed by atoms with Gasteiger partial charge in [-0.3, -0.25) is 10.2 Å². The fraction of sp³-hybridized carbons (Fsp3) is 0.917. The van der Waals surface area contributed by atoms with Crippen molar-refractivity contribution in [3.63, 3.8) is 0 Å². The number of amides is 1. The van der Waals surface area contributed by atoms with Crippen LogP contribution in [0.4, 0.5) is 0 Å². The maximum absolute atomic E-state index is 11.2. The van der Waals surface area contributed by atoms with Gasteiger partial charge in [-0.25, -0.2) is 5.84 Å². The van der Waals surface area contributed by atoms with Crippen LogP contribution in [0.5, 0.6) is 0 Å². The predicted molar refractivity (Wildman–Crippen MR) is 68.4 cm³/mol. The van der Waals surface area contributed by atoms with E-state index in [4.69, 9.17) is 24.8 Å². The van der Waals surface area contributed by atoms with Gasteiger partial charge in [-0.1, -0.05) is 0 Å². The summed E-state index contributed by atoms with van der Waals surface area (Å²) < 4.78 is 21.2. The first-order chi connectivity index (χ1) is 9.27. The number of hydrogen-bond acceptors (Lipinski definition) is 6. The lowest BCUT2D eigenvalue weighted by atomic mass is 10.2. The molecule has 0 aromatic rings. The highest BCUT2D eigenvalue weighted by Gasteiger charge is 2.30. The van der Waals surface area contributed by atoms with Gasteiger partial charge in [0.15, 0.2) is 0 Å². The third kappa shape index (κ3) is 6.84. The quantitative estimate of drug-likeness (QED) is 0.244. The Balaban J connectivity index is 1.92. The minimum atomic E-state index is -0.441. The van der Waals surface area contributed by atoms with E-state index in [-0.39, 0.29) is 12.0 Å². The summed E-state index contributed by atoms with van der Waals surface area (Å²) in [4.78, 5) is 11.2. The van der Waals surface area contributed by atoms with E-state index in [2.05, 4.69) is 5.43 Å². The SMILES string of the molecule is COCCCOCCOCC1CCC(C(=O)NN)O1. The van der Waals surface area contributed by atoms with Crippen LogP contribution >= 0.6 is 0 Å². The molecule has 0 spiro atoms. The summed E-state index contributed by atoms with van der Waals surface area (Å²) in [6, 6.07) is 0. The number of carbonyl (C=O) groups excluding carboxylic acids is 1. The summed E-state index contributed by atoms with van der Waals surface area (Å²) in [6.07, 6.45) is 1.91. The number of ether oxygens (including phenoxy) is 4. The van der Waals surface area contributed by atoms with E-state index < -0.39 is 6.10 Å². The highest BCUT2D eigenvalue weighted by atomic mass is 16.6. The molecule has 0 radical (unpaired) electrons. The van der Waals surface area contributed by atoms with Gasteiger partial charge in [0.25, 0.3) is 5.91 Å². The standard InChI is InChI=1S/C12H24N2O5/c1-16-5-2-6-17-7-8-18-9-10-3-4-11(19-10)12(15)14-13/h10-11H,2-9,13H2,1H3,(H,14,15). The molecule has 1 fully saturated rings. The Kier molecular flexibility index (Phi) is 8.68. The molecule has 1 aliphatic heterocycles. The second-order valence-electron chi connectivity index (χ2n) is 4.37. The second kappa shape index (κ2) is 10.1. The molecule has 2 atom stereocenters. The van der Waals surface area contributed by atoms with Gasteiger partial charge in [0, 0.05) is 20.3 Å². The van der Waals surface area contributed by atoms with Gasteiger partial charge < -0.3 is 18.9 Å². The van der Waals surface area contributed by atoms with E-state index in [9.17, 15) is 4.79 Å².